The van der Waals surface area contributed by atoms with Gasteiger partial charge in [0.1, 0.15) is 18.9 Å². The van der Waals surface area contributed by atoms with E-state index in [1.54, 1.807) is 6.92 Å². The van der Waals surface area contributed by atoms with Crippen LogP contribution in [0.5, 0.6) is 0 Å². The predicted molar refractivity (Wildman–Crippen MR) is 188 cm³/mol. The van der Waals surface area contributed by atoms with Gasteiger partial charge in [-0.2, -0.15) is 0 Å². The van der Waals surface area contributed by atoms with E-state index in [-0.39, 0.29) is 56.2 Å². The van der Waals surface area contributed by atoms with Crippen molar-refractivity contribution >= 4 is 53.1 Å². The first-order chi connectivity index (χ1) is 25.6. The number of primary amides is 1. The number of thioether (sulfide) groups is 1. The van der Waals surface area contributed by atoms with Crippen LogP contribution < -0.4 is 11.1 Å². The van der Waals surface area contributed by atoms with E-state index in [2.05, 4.69) is 5.32 Å². The molecule has 0 saturated carbocycles. The number of rotatable bonds is 15. The molecule has 0 bridgehead atoms. The summed E-state index contributed by atoms with van der Waals surface area (Å²) < 4.78 is 10.8. The summed E-state index contributed by atoms with van der Waals surface area (Å²) in [6.45, 7) is 2.59. The van der Waals surface area contributed by atoms with Crippen molar-refractivity contribution in [2.24, 2.45) is 23.5 Å². The number of carbonyl (C=O) groups excluding carboxylic acids is 4. The molecule has 2 saturated heterocycles. The third kappa shape index (κ3) is 8.54. The smallest absolute Gasteiger partial charge is 0.410 e. The lowest BCUT2D eigenvalue weighted by molar-refractivity contribution is -0.385. The summed E-state index contributed by atoms with van der Waals surface area (Å²) in [4.78, 5) is 87.8. The van der Waals surface area contributed by atoms with Gasteiger partial charge in [0.05, 0.1) is 27.9 Å². The molecule has 0 spiro atoms. The number of fused-ring (bicyclic) bond motifs is 1. The zero-order valence-electron chi connectivity index (χ0n) is 29.1. The number of nitro groups is 2. The average molecular weight is 771 g/mol. The Morgan fingerprint density at radius 3 is 2.06 bits per heavy atom. The highest BCUT2D eigenvalue weighted by molar-refractivity contribution is 8.03. The molecule has 7 atom stereocenters. The van der Waals surface area contributed by atoms with E-state index in [1.807, 2.05) is 0 Å². The van der Waals surface area contributed by atoms with E-state index < -0.39 is 81.0 Å². The van der Waals surface area contributed by atoms with Crippen molar-refractivity contribution < 1.29 is 53.5 Å². The minimum Gasteiger partial charge on any atom is -0.477 e. The van der Waals surface area contributed by atoms with Crippen LogP contribution in [0.3, 0.4) is 0 Å². The second kappa shape index (κ2) is 16.5. The van der Waals surface area contributed by atoms with Crippen LogP contribution in [0.25, 0.3) is 0 Å². The second-order valence-corrected chi connectivity index (χ2v) is 14.6. The molecule has 3 aliphatic rings. The normalized spacial score (nSPS) is 22.9. The number of benzene rings is 2. The van der Waals surface area contributed by atoms with Gasteiger partial charge in [0.25, 0.3) is 11.4 Å². The van der Waals surface area contributed by atoms with E-state index in [9.17, 15) is 54.4 Å². The van der Waals surface area contributed by atoms with E-state index in [0.29, 0.717) is 16.0 Å². The number of carboxylic acid groups (broad SMARTS) is 1. The van der Waals surface area contributed by atoms with E-state index in [4.69, 9.17) is 15.2 Å². The van der Waals surface area contributed by atoms with Gasteiger partial charge in [0.15, 0.2) is 0 Å². The number of nitrogens with zero attached hydrogens (tertiary/aromatic N) is 4. The number of hydrogen-bond donors (Lipinski definition) is 4. The lowest BCUT2D eigenvalue weighted by atomic mass is 9.79. The molecule has 0 aromatic heterocycles. The van der Waals surface area contributed by atoms with Gasteiger partial charge in [0, 0.05) is 71.8 Å². The number of non-ortho nitro benzene ring substituents is 2. The summed E-state index contributed by atoms with van der Waals surface area (Å²) in [5, 5.41) is 44.5. The number of amides is 4. The largest absolute Gasteiger partial charge is 0.477 e. The Morgan fingerprint density at radius 1 is 1.00 bits per heavy atom. The summed E-state index contributed by atoms with van der Waals surface area (Å²) in [5.74, 6) is -4.55. The van der Waals surface area contributed by atoms with Gasteiger partial charge < -0.3 is 40.5 Å². The maximum atomic E-state index is 13.7. The number of likely N-dealkylation sites (tertiary alicyclic amines) is 1. The zero-order valence-corrected chi connectivity index (χ0v) is 29.9. The molecule has 54 heavy (non-hydrogen) atoms. The number of aliphatic hydroxyl groups excluding tert-OH is 1. The highest BCUT2D eigenvalue weighted by Gasteiger charge is 2.60. The Labute approximate surface area is 311 Å². The fourth-order valence-corrected chi connectivity index (χ4v) is 8.64. The fraction of sp³-hybridized carbons (Fsp3) is 0.441. The summed E-state index contributed by atoms with van der Waals surface area (Å²) >= 11 is 1.18. The van der Waals surface area contributed by atoms with Crippen LogP contribution in [-0.4, -0.2) is 96.4 Å². The number of alkyl carbamates (subject to hydrolysis) is 1. The molecule has 4 amide bonds. The van der Waals surface area contributed by atoms with Crippen molar-refractivity contribution in [3.63, 3.8) is 0 Å². The van der Waals surface area contributed by atoms with Gasteiger partial charge in [-0.05, 0) is 48.7 Å². The molecular formula is C34H38N6O13S. The molecule has 2 aromatic carbocycles. The Bertz CT molecular complexity index is 1850. The molecule has 1 unspecified atom stereocenters. The van der Waals surface area contributed by atoms with Crippen molar-refractivity contribution in [2.75, 3.05) is 13.1 Å². The Kier molecular flexibility index (Phi) is 12.1. The topological polar surface area (TPSA) is 275 Å². The van der Waals surface area contributed by atoms with Crippen molar-refractivity contribution in [3.8, 4) is 0 Å². The molecule has 3 aliphatic heterocycles. The SMILES string of the molecule is C[C@@H](O)[C@H]1C(=O)N2C(C(=O)O)=C(S[C@H]3C[C@@H](C(CNC(=O)OCc4ccc([N+](=O)[O-])cc4)CC(N)=O)N(C(=O)OCc4ccc([N+](=O)[O-])cc4)C3)[C@H](C)[C@H]12. The molecule has 5 N–H and O–H groups in total. The monoisotopic (exact) mass is 770 g/mol. The number of nitrogens with one attached hydrogen (secondary N) is 1. The first-order valence-corrected chi connectivity index (χ1v) is 17.7. The van der Waals surface area contributed by atoms with Crippen LogP contribution in [0.2, 0.25) is 0 Å². The van der Waals surface area contributed by atoms with Crippen molar-refractivity contribution in [1.29, 1.82) is 0 Å². The Morgan fingerprint density at radius 2 is 1.56 bits per heavy atom. The van der Waals surface area contributed by atoms with Crippen LogP contribution in [-0.2, 0) is 37.1 Å². The summed E-state index contributed by atoms with van der Waals surface area (Å²) in [6.07, 6.45) is -2.78. The first-order valence-electron chi connectivity index (χ1n) is 16.8. The van der Waals surface area contributed by atoms with Crippen molar-refractivity contribution in [3.05, 3.63) is 90.5 Å². The number of nitro benzene ring substituents is 2. The minimum atomic E-state index is -1.32. The second-order valence-electron chi connectivity index (χ2n) is 13.3. The predicted octanol–water partition coefficient (Wildman–Crippen LogP) is 2.89. The van der Waals surface area contributed by atoms with Crippen LogP contribution >= 0.6 is 11.8 Å². The maximum Gasteiger partial charge on any atom is 0.410 e. The lowest BCUT2D eigenvalue weighted by Crippen LogP contribution is -2.63. The third-order valence-corrected chi connectivity index (χ3v) is 11.2. The average Bonchev–Trinajstić information content (AvgIpc) is 3.65. The van der Waals surface area contributed by atoms with Gasteiger partial charge in [-0.3, -0.25) is 29.8 Å². The molecular weight excluding hydrogens is 732 g/mol. The van der Waals surface area contributed by atoms with E-state index >= 15 is 0 Å². The van der Waals surface area contributed by atoms with E-state index in [0.717, 1.165) is 0 Å². The number of hydrogen-bond acceptors (Lipinski definition) is 13. The molecule has 0 aliphatic carbocycles. The standard InChI is InChI=1S/C34H38N6O13S/c1-17-28-27(18(2)41)31(43)38(28)29(32(44)45)30(17)54-24-12-25(37(14-24)34(47)53-16-20-5-9-23(10-6-20)40(50)51)21(11-26(35)42)13-36-33(46)52-15-19-3-7-22(8-4-19)39(48)49/h3-10,17-18,21,24-25,27-28,41H,11-16H2,1-2H3,(H2,35,42)(H,36,46)(H,44,45)/t17-,18-,21?,24+,25+,27-,28-/m1/s1. The molecule has 288 valence electrons. The molecule has 5 rings (SSSR count). The highest BCUT2D eigenvalue weighted by Crippen LogP contribution is 2.52. The first kappa shape index (κ1) is 39.4. The molecule has 0 radical (unpaired) electrons. The fourth-order valence-electron chi connectivity index (χ4n) is 7.10. The molecule has 19 nitrogen and oxygen atoms in total. The summed E-state index contributed by atoms with van der Waals surface area (Å²) in [5.41, 5.74) is 6.05. The number of nitrogens with two attached hydrogens (primary N) is 1. The van der Waals surface area contributed by atoms with Gasteiger partial charge >= 0.3 is 18.2 Å². The number of aliphatic carboxylic acids is 1. The zero-order chi connectivity index (χ0) is 39.4. The van der Waals surface area contributed by atoms with Gasteiger partial charge in [-0.15, -0.1) is 11.8 Å². The van der Waals surface area contributed by atoms with E-state index in [1.165, 1.54) is 77.0 Å². The number of aliphatic hydroxyl groups is 1. The maximum absolute atomic E-state index is 13.7. The minimum absolute atomic E-state index is 0.00977. The number of carbonyl (C=O) groups is 5. The van der Waals surface area contributed by atoms with Crippen LogP contribution in [0, 0.1) is 38.0 Å². The Hall–Kier alpha value is -5.76. The van der Waals surface area contributed by atoms with Crippen molar-refractivity contribution in [1.82, 2.24) is 15.1 Å². The molecule has 3 heterocycles. The lowest BCUT2D eigenvalue weighted by Gasteiger charge is -2.46. The number of carboxylic acids is 1. The summed E-state index contributed by atoms with van der Waals surface area (Å²) in [6, 6.07) is 9.42. The van der Waals surface area contributed by atoms with Gasteiger partial charge in [-0.25, -0.2) is 14.4 Å². The highest BCUT2D eigenvalue weighted by atomic mass is 32.2. The quantitative estimate of drug-likeness (QED) is 0.115. The van der Waals surface area contributed by atoms with Crippen molar-refractivity contribution in [2.45, 2.75) is 63.3 Å². The molecule has 20 heteroatoms. The molecule has 2 fully saturated rings. The Balaban J connectivity index is 1.34. The molecule has 2 aromatic rings. The van der Waals surface area contributed by atoms with Crippen LogP contribution in [0.4, 0.5) is 21.0 Å². The van der Waals surface area contributed by atoms with Crippen LogP contribution in [0.1, 0.15) is 37.8 Å². The van der Waals surface area contributed by atoms with Gasteiger partial charge in [-0.1, -0.05) is 6.92 Å². The summed E-state index contributed by atoms with van der Waals surface area (Å²) in [7, 11) is 0. The third-order valence-electron chi connectivity index (χ3n) is 9.69. The van der Waals surface area contributed by atoms with Gasteiger partial charge in [0.2, 0.25) is 11.8 Å². The number of β-lactam (4-membered cyclic amide) rings is 1. The van der Waals surface area contributed by atoms with Crippen LogP contribution in [0.15, 0.2) is 59.1 Å². The number of ether oxygens (including phenoxy) is 2.